The third-order valence-corrected chi connectivity index (χ3v) is 7.40. The highest BCUT2D eigenvalue weighted by Crippen LogP contribution is 2.50. The van der Waals surface area contributed by atoms with Crippen LogP contribution in [-0.4, -0.2) is 39.9 Å². The first kappa shape index (κ1) is 26.4. The molecule has 0 amide bonds. The number of aromatic nitrogens is 1. The van der Waals surface area contributed by atoms with Crippen molar-refractivity contribution in [3.63, 3.8) is 0 Å². The Kier molecular flexibility index (Phi) is 7.34. The highest BCUT2D eigenvalue weighted by atomic mass is 19.1. The third-order valence-electron chi connectivity index (χ3n) is 7.40. The first-order chi connectivity index (χ1) is 18.1. The lowest BCUT2D eigenvalue weighted by Crippen LogP contribution is -2.47. The molecule has 1 aliphatic heterocycles. The Morgan fingerprint density at radius 2 is 1.84 bits per heavy atom. The van der Waals surface area contributed by atoms with Crippen molar-refractivity contribution < 1.29 is 23.0 Å². The quantitative estimate of drug-likeness (QED) is 0.374. The van der Waals surface area contributed by atoms with E-state index in [9.17, 15) is 4.39 Å². The largest absolute Gasteiger partial charge is 0.487 e. The summed E-state index contributed by atoms with van der Waals surface area (Å²) in [7, 11) is 0. The molecule has 0 bridgehead atoms. The molecule has 7 heteroatoms. The summed E-state index contributed by atoms with van der Waals surface area (Å²) >= 11 is 0. The number of hydrogen-bond donors (Lipinski definition) is 1. The van der Waals surface area contributed by atoms with Crippen molar-refractivity contribution >= 4 is 5.57 Å². The van der Waals surface area contributed by atoms with Gasteiger partial charge in [-0.05, 0) is 73.9 Å². The molecule has 0 radical (unpaired) electrons. The Hall–Kier alpha value is -3.16. The van der Waals surface area contributed by atoms with Crippen LogP contribution in [0, 0.1) is 11.6 Å². The highest BCUT2D eigenvalue weighted by molar-refractivity contribution is 5.79. The van der Waals surface area contributed by atoms with E-state index in [1.54, 1.807) is 12.3 Å². The van der Waals surface area contributed by atoms with Crippen LogP contribution in [0.5, 0.6) is 5.75 Å². The number of halogens is 3. The molecule has 0 saturated heterocycles. The van der Waals surface area contributed by atoms with Gasteiger partial charge >= 0.3 is 0 Å². The van der Waals surface area contributed by atoms with Gasteiger partial charge in [-0.1, -0.05) is 30.3 Å². The zero-order valence-corrected chi connectivity index (χ0v) is 22.0. The lowest BCUT2D eigenvalue weighted by Gasteiger charge is -2.44. The molecule has 1 N–H and O–H groups in total. The first-order valence-electron chi connectivity index (χ1n) is 13.1. The Balaban J connectivity index is 1.47. The fourth-order valence-corrected chi connectivity index (χ4v) is 5.73. The zero-order chi connectivity index (χ0) is 27.0. The second kappa shape index (κ2) is 10.5. The number of fused-ring (bicyclic) bond motifs is 2. The summed E-state index contributed by atoms with van der Waals surface area (Å²) in [6.07, 6.45) is 3.44. The number of aliphatic hydroxyl groups is 1. The van der Waals surface area contributed by atoms with Gasteiger partial charge in [-0.25, -0.2) is 13.2 Å². The molecule has 0 saturated carbocycles. The van der Waals surface area contributed by atoms with E-state index in [-0.39, 0.29) is 37.1 Å². The molecule has 2 atom stereocenters. The molecular weight excluding hydrogens is 489 g/mol. The van der Waals surface area contributed by atoms with E-state index in [0.29, 0.717) is 25.0 Å². The van der Waals surface area contributed by atoms with Crippen molar-refractivity contribution in [1.29, 1.82) is 0 Å². The van der Waals surface area contributed by atoms with Crippen LogP contribution < -0.4 is 4.74 Å². The number of benzene rings is 2. The van der Waals surface area contributed by atoms with E-state index in [1.807, 2.05) is 36.1 Å². The van der Waals surface area contributed by atoms with E-state index in [2.05, 4.69) is 11.1 Å². The standard InChI is InChI=1S/C31H33F3N2O2/c1-19-12-25-24-7-5-4-6-21(24)13-26(25)30(36(19)18-31(2,3)34)29-27(32)14-23(15-28(29)33)38-17-22-9-8-20(10-11-37)16-35-22/h4-9,14-16,19,30,37H,10-13,17-18H2,1-3H3/t19-,30+/m1/s1. The van der Waals surface area contributed by atoms with E-state index in [0.717, 1.165) is 27.8 Å². The molecular formula is C31H33F3N2O2. The number of ether oxygens (including phenoxy) is 1. The number of nitrogens with zero attached hydrogens (tertiary/aromatic N) is 2. The number of alkyl halides is 1. The monoisotopic (exact) mass is 522 g/mol. The second-order valence-corrected chi connectivity index (χ2v) is 10.9. The summed E-state index contributed by atoms with van der Waals surface area (Å²) in [5, 5.41) is 9.04. The molecule has 0 unspecified atom stereocenters. The summed E-state index contributed by atoms with van der Waals surface area (Å²) in [6, 6.07) is 13.3. The third kappa shape index (κ3) is 5.36. The Morgan fingerprint density at radius 3 is 2.50 bits per heavy atom. The van der Waals surface area contributed by atoms with Crippen molar-refractivity contribution in [3.8, 4) is 5.75 Å². The average Bonchev–Trinajstić information content (AvgIpc) is 3.22. The topological polar surface area (TPSA) is 45.6 Å². The lowest BCUT2D eigenvalue weighted by atomic mass is 9.84. The Bertz CT molecular complexity index is 1320. The van der Waals surface area contributed by atoms with Gasteiger partial charge in [0, 0.05) is 43.1 Å². The molecule has 2 heterocycles. The molecule has 0 fully saturated rings. The number of hydrogen-bond acceptors (Lipinski definition) is 4. The van der Waals surface area contributed by atoms with Gasteiger partial charge in [-0.15, -0.1) is 0 Å². The van der Waals surface area contributed by atoms with Crippen LogP contribution in [0.2, 0.25) is 0 Å². The van der Waals surface area contributed by atoms with Crippen molar-refractivity contribution in [3.05, 3.63) is 99.9 Å². The molecule has 1 aliphatic carbocycles. The molecule has 3 aromatic rings. The maximum absolute atomic E-state index is 15.8. The predicted molar refractivity (Wildman–Crippen MR) is 141 cm³/mol. The zero-order valence-electron chi connectivity index (χ0n) is 22.0. The number of pyridine rings is 1. The summed E-state index contributed by atoms with van der Waals surface area (Å²) in [6.45, 7) is 5.13. The minimum atomic E-state index is -1.54. The molecule has 1 aromatic heterocycles. The van der Waals surface area contributed by atoms with Crippen LogP contribution in [0.3, 0.4) is 0 Å². The lowest BCUT2D eigenvalue weighted by molar-refractivity contribution is 0.0676. The van der Waals surface area contributed by atoms with E-state index < -0.39 is 23.3 Å². The second-order valence-electron chi connectivity index (χ2n) is 10.9. The minimum Gasteiger partial charge on any atom is -0.487 e. The van der Waals surface area contributed by atoms with E-state index >= 15 is 8.78 Å². The van der Waals surface area contributed by atoms with Gasteiger partial charge in [-0.3, -0.25) is 9.88 Å². The summed E-state index contributed by atoms with van der Waals surface area (Å²) in [4.78, 5) is 6.19. The van der Waals surface area contributed by atoms with Crippen LogP contribution in [0.25, 0.3) is 5.57 Å². The van der Waals surface area contributed by atoms with Crippen molar-refractivity contribution in [2.75, 3.05) is 13.2 Å². The van der Waals surface area contributed by atoms with Crippen LogP contribution in [0.1, 0.15) is 61.2 Å². The summed E-state index contributed by atoms with van der Waals surface area (Å²) in [5.74, 6) is -1.36. The average molecular weight is 523 g/mol. The van der Waals surface area contributed by atoms with Gasteiger partial charge in [0.05, 0.1) is 11.7 Å². The highest BCUT2D eigenvalue weighted by Gasteiger charge is 2.42. The molecule has 4 nitrogen and oxygen atoms in total. The molecule has 38 heavy (non-hydrogen) atoms. The van der Waals surface area contributed by atoms with E-state index in [4.69, 9.17) is 9.84 Å². The van der Waals surface area contributed by atoms with Crippen LogP contribution >= 0.6 is 0 Å². The summed E-state index contributed by atoms with van der Waals surface area (Å²) in [5.41, 5.74) is 4.20. The van der Waals surface area contributed by atoms with Gasteiger partial charge in [0.2, 0.25) is 0 Å². The molecule has 2 aliphatic rings. The van der Waals surface area contributed by atoms with Crippen molar-refractivity contribution in [2.24, 2.45) is 0 Å². The summed E-state index contributed by atoms with van der Waals surface area (Å²) < 4.78 is 52.2. The first-order valence-corrected chi connectivity index (χ1v) is 13.1. The fraction of sp³-hybridized carbons (Fsp3) is 0.387. The molecule has 0 spiro atoms. The van der Waals surface area contributed by atoms with Gasteiger partial charge in [0.15, 0.2) is 0 Å². The molecule has 5 rings (SSSR count). The SMILES string of the molecule is C[C@@H]1CC2=C(Cc3ccccc32)[C@@H](c2c(F)cc(OCc3ccc(CCO)cn3)cc2F)N1CC(C)(C)F. The van der Waals surface area contributed by atoms with Gasteiger partial charge in [0.1, 0.15) is 29.7 Å². The fourth-order valence-electron chi connectivity index (χ4n) is 5.73. The van der Waals surface area contributed by atoms with Gasteiger partial charge in [-0.2, -0.15) is 0 Å². The van der Waals surface area contributed by atoms with Crippen LogP contribution in [0.4, 0.5) is 13.2 Å². The Labute approximate surface area is 221 Å². The normalized spacial score (nSPS) is 19.4. The van der Waals surface area contributed by atoms with Gasteiger partial charge in [0.25, 0.3) is 0 Å². The molecule has 2 aromatic carbocycles. The minimum absolute atomic E-state index is 0.0347. The van der Waals surface area contributed by atoms with Crippen LogP contribution in [-0.2, 0) is 19.4 Å². The van der Waals surface area contributed by atoms with Gasteiger partial charge < -0.3 is 9.84 Å². The number of aliphatic hydroxyl groups excluding tert-OH is 1. The van der Waals surface area contributed by atoms with Crippen LogP contribution in [0.15, 0.2) is 60.3 Å². The number of rotatable bonds is 8. The van der Waals surface area contributed by atoms with E-state index in [1.165, 1.54) is 26.0 Å². The van der Waals surface area contributed by atoms with Crippen molar-refractivity contribution in [2.45, 2.75) is 64.4 Å². The molecule has 200 valence electrons. The smallest absolute Gasteiger partial charge is 0.134 e. The van der Waals surface area contributed by atoms with Crippen molar-refractivity contribution in [1.82, 2.24) is 9.88 Å². The maximum Gasteiger partial charge on any atom is 0.134 e. The maximum atomic E-state index is 15.8. The Morgan fingerprint density at radius 1 is 1.11 bits per heavy atom. The predicted octanol–water partition coefficient (Wildman–Crippen LogP) is 6.37.